The Morgan fingerprint density at radius 2 is 2.10 bits per heavy atom. The van der Waals surface area contributed by atoms with Crippen LogP contribution in [0.3, 0.4) is 0 Å². The molecule has 0 unspecified atom stereocenters. The van der Waals surface area contributed by atoms with Gasteiger partial charge < -0.3 is 16.0 Å². The van der Waals surface area contributed by atoms with Crippen molar-refractivity contribution < 1.29 is 4.79 Å². The van der Waals surface area contributed by atoms with Crippen molar-refractivity contribution in [3.05, 3.63) is 11.4 Å². The minimum Gasteiger partial charge on any atom is -0.395 e. The number of piperazine rings is 1. The molecule has 1 saturated carbocycles. The van der Waals surface area contributed by atoms with Gasteiger partial charge in [0.1, 0.15) is 0 Å². The summed E-state index contributed by atoms with van der Waals surface area (Å²) in [6.07, 6.45) is 2.27. The van der Waals surface area contributed by atoms with Crippen LogP contribution in [0.1, 0.15) is 34.9 Å². The molecule has 0 radical (unpaired) electrons. The monoisotopic (exact) mass is 292 g/mol. The molecule has 2 heterocycles. The number of likely N-dealkylation sites (N-methyl/N-ethyl adjacent to an activating group) is 1. The zero-order valence-corrected chi connectivity index (χ0v) is 12.6. The molecule has 2 aliphatic rings. The molecule has 4 N–H and O–H groups in total. The number of aromatic amines is 1. The van der Waals surface area contributed by atoms with E-state index in [1.54, 1.807) is 0 Å². The van der Waals surface area contributed by atoms with Crippen LogP contribution < -0.4 is 11.1 Å². The zero-order chi connectivity index (χ0) is 14.8. The third kappa shape index (κ3) is 3.36. The first-order valence-corrected chi connectivity index (χ1v) is 7.68. The van der Waals surface area contributed by atoms with Gasteiger partial charge in [-0.15, -0.1) is 0 Å². The van der Waals surface area contributed by atoms with Crippen molar-refractivity contribution in [2.45, 2.75) is 18.8 Å². The highest BCUT2D eigenvalue weighted by atomic mass is 16.1. The summed E-state index contributed by atoms with van der Waals surface area (Å²) < 4.78 is 0. The number of carbonyl (C=O) groups excluding carboxylic acids is 1. The molecule has 0 bridgehead atoms. The lowest BCUT2D eigenvalue weighted by molar-refractivity contribution is 0.0937. The van der Waals surface area contributed by atoms with Gasteiger partial charge >= 0.3 is 0 Å². The maximum Gasteiger partial charge on any atom is 0.273 e. The second-order valence-corrected chi connectivity index (χ2v) is 6.07. The zero-order valence-electron chi connectivity index (χ0n) is 12.6. The Labute approximate surface area is 124 Å². The number of nitrogens with one attached hydrogen (secondary N) is 2. The van der Waals surface area contributed by atoms with Gasteiger partial charge in [0.15, 0.2) is 5.69 Å². The lowest BCUT2D eigenvalue weighted by atomic mass is 10.2. The number of hydrogen-bond acceptors (Lipinski definition) is 5. The molecule has 1 aliphatic heterocycles. The third-order valence-corrected chi connectivity index (χ3v) is 4.34. The largest absolute Gasteiger partial charge is 0.395 e. The average molecular weight is 292 g/mol. The minimum absolute atomic E-state index is 0.176. The fourth-order valence-corrected chi connectivity index (χ4v) is 2.70. The van der Waals surface area contributed by atoms with E-state index in [4.69, 9.17) is 5.73 Å². The van der Waals surface area contributed by atoms with Gasteiger partial charge in [0.2, 0.25) is 0 Å². The van der Waals surface area contributed by atoms with Gasteiger partial charge in [0, 0.05) is 45.2 Å². The summed E-state index contributed by atoms with van der Waals surface area (Å²) in [5.41, 5.74) is 7.80. The Hall–Kier alpha value is -1.60. The van der Waals surface area contributed by atoms with Gasteiger partial charge in [-0.25, -0.2) is 0 Å². The van der Waals surface area contributed by atoms with Crippen molar-refractivity contribution in [3.63, 3.8) is 0 Å². The summed E-state index contributed by atoms with van der Waals surface area (Å²) >= 11 is 0. The summed E-state index contributed by atoms with van der Waals surface area (Å²) in [5.74, 6) is 0.300. The maximum atomic E-state index is 12.1. The molecular formula is C14H24N6O. The summed E-state index contributed by atoms with van der Waals surface area (Å²) in [4.78, 5) is 16.8. The van der Waals surface area contributed by atoms with E-state index in [0.29, 0.717) is 23.8 Å². The molecule has 0 spiro atoms. The van der Waals surface area contributed by atoms with E-state index in [-0.39, 0.29) is 5.91 Å². The first kappa shape index (κ1) is 14.3. The van der Waals surface area contributed by atoms with Crippen LogP contribution in [0.25, 0.3) is 0 Å². The van der Waals surface area contributed by atoms with Gasteiger partial charge in [-0.2, -0.15) is 5.10 Å². The number of hydrogen-bond donors (Lipinski definition) is 3. The highest BCUT2D eigenvalue weighted by Crippen LogP contribution is 2.42. The number of anilines is 1. The molecular weight excluding hydrogens is 268 g/mol. The SMILES string of the molecule is CN1CCN(CCNC(=O)c2n[nH]c(C3CC3)c2N)CC1. The van der Waals surface area contributed by atoms with Crippen LogP contribution >= 0.6 is 0 Å². The molecule has 1 aliphatic carbocycles. The Bertz CT molecular complexity index is 502. The first-order valence-electron chi connectivity index (χ1n) is 7.68. The number of nitrogen functional groups attached to an aromatic ring is 1. The molecule has 1 saturated heterocycles. The lowest BCUT2D eigenvalue weighted by Gasteiger charge is -2.32. The number of H-pyrrole nitrogens is 1. The topological polar surface area (TPSA) is 90.3 Å². The summed E-state index contributed by atoms with van der Waals surface area (Å²) in [5, 5.41) is 9.89. The van der Waals surface area contributed by atoms with Crippen LogP contribution in [0, 0.1) is 0 Å². The van der Waals surface area contributed by atoms with Crippen LogP contribution in [-0.2, 0) is 0 Å². The lowest BCUT2D eigenvalue weighted by Crippen LogP contribution is -2.46. The van der Waals surface area contributed by atoms with Crippen LogP contribution in [0.5, 0.6) is 0 Å². The van der Waals surface area contributed by atoms with Crippen LogP contribution in [0.2, 0.25) is 0 Å². The van der Waals surface area contributed by atoms with Crippen molar-refractivity contribution >= 4 is 11.6 Å². The summed E-state index contributed by atoms with van der Waals surface area (Å²) in [6, 6.07) is 0. The van der Waals surface area contributed by atoms with Gasteiger partial charge in [-0.1, -0.05) is 0 Å². The summed E-state index contributed by atoms with van der Waals surface area (Å²) in [7, 11) is 2.14. The number of nitrogens with two attached hydrogens (primary N) is 1. The van der Waals surface area contributed by atoms with Crippen LogP contribution in [-0.4, -0.2) is 72.2 Å². The molecule has 7 nitrogen and oxygen atoms in total. The van der Waals surface area contributed by atoms with Crippen molar-refractivity contribution in [1.29, 1.82) is 0 Å². The van der Waals surface area contributed by atoms with Crippen LogP contribution in [0.15, 0.2) is 0 Å². The first-order chi connectivity index (χ1) is 10.1. The molecule has 7 heteroatoms. The Morgan fingerprint density at radius 3 is 2.76 bits per heavy atom. The van der Waals surface area contributed by atoms with E-state index >= 15 is 0 Å². The molecule has 3 rings (SSSR count). The predicted octanol–water partition coefficient (Wildman–Crippen LogP) is -0.153. The quantitative estimate of drug-likeness (QED) is 0.702. The number of carbonyl (C=O) groups is 1. The Balaban J connectivity index is 1.46. The normalized spacial score (nSPS) is 20.6. The van der Waals surface area contributed by atoms with Crippen molar-refractivity contribution in [2.24, 2.45) is 0 Å². The standard InChI is InChI=1S/C14H24N6O/c1-19-6-8-20(9-7-19)5-4-16-14(21)13-11(15)12(17-18-13)10-2-3-10/h10H,2-9,15H2,1H3,(H,16,21)(H,17,18). The van der Waals surface area contributed by atoms with E-state index in [1.807, 2.05) is 0 Å². The summed E-state index contributed by atoms with van der Waals surface area (Å²) in [6.45, 7) is 5.80. The molecule has 2 fully saturated rings. The molecule has 1 aromatic rings. The van der Waals surface area contributed by atoms with Gasteiger partial charge in [0.25, 0.3) is 5.91 Å². The van der Waals surface area contributed by atoms with Gasteiger partial charge in [-0.05, 0) is 19.9 Å². The number of aromatic nitrogens is 2. The molecule has 0 atom stereocenters. The molecule has 1 amide bonds. The maximum absolute atomic E-state index is 12.1. The molecule has 21 heavy (non-hydrogen) atoms. The Kier molecular flexibility index (Phi) is 4.12. The second-order valence-electron chi connectivity index (χ2n) is 6.07. The van der Waals surface area contributed by atoms with Crippen molar-refractivity contribution in [1.82, 2.24) is 25.3 Å². The van der Waals surface area contributed by atoms with E-state index in [9.17, 15) is 4.79 Å². The van der Waals surface area contributed by atoms with Crippen LogP contribution in [0.4, 0.5) is 5.69 Å². The highest BCUT2D eigenvalue weighted by molar-refractivity contribution is 5.97. The number of amides is 1. The smallest absolute Gasteiger partial charge is 0.273 e. The highest BCUT2D eigenvalue weighted by Gasteiger charge is 2.30. The van der Waals surface area contributed by atoms with Gasteiger partial charge in [-0.3, -0.25) is 14.8 Å². The van der Waals surface area contributed by atoms with E-state index in [0.717, 1.165) is 51.3 Å². The minimum atomic E-state index is -0.176. The number of nitrogens with zero attached hydrogens (tertiary/aromatic N) is 3. The van der Waals surface area contributed by atoms with E-state index in [1.165, 1.54) is 0 Å². The molecule has 1 aromatic heterocycles. The van der Waals surface area contributed by atoms with Crippen molar-refractivity contribution in [3.8, 4) is 0 Å². The predicted molar refractivity (Wildman–Crippen MR) is 81.2 cm³/mol. The molecule has 116 valence electrons. The van der Waals surface area contributed by atoms with E-state index < -0.39 is 0 Å². The van der Waals surface area contributed by atoms with Gasteiger partial charge in [0.05, 0.1) is 11.4 Å². The fraction of sp³-hybridized carbons (Fsp3) is 0.714. The average Bonchev–Trinajstić information content (AvgIpc) is 3.24. The second kappa shape index (κ2) is 6.03. The van der Waals surface area contributed by atoms with E-state index in [2.05, 4.69) is 32.4 Å². The number of rotatable bonds is 5. The third-order valence-electron chi connectivity index (χ3n) is 4.34. The Morgan fingerprint density at radius 1 is 1.38 bits per heavy atom. The fourth-order valence-electron chi connectivity index (χ4n) is 2.70. The molecule has 0 aromatic carbocycles. The van der Waals surface area contributed by atoms with Crippen molar-refractivity contribution in [2.75, 3.05) is 52.0 Å².